The van der Waals surface area contributed by atoms with Crippen molar-refractivity contribution in [3.63, 3.8) is 0 Å². The molecular formula is C41H76BClF13N8O3PS. The number of halogens is 14. The van der Waals surface area contributed by atoms with E-state index < -0.39 is 30.7 Å². The monoisotopic (exact) mass is 1080 g/mol. The van der Waals surface area contributed by atoms with Crippen molar-refractivity contribution in [1.29, 1.82) is 0 Å². The van der Waals surface area contributed by atoms with E-state index in [1.807, 2.05) is 0 Å². The van der Waals surface area contributed by atoms with Crippen LogP contribution in [0.25, 0.3) is 0 Å². The molecule has 0 unspecified atom stereocenters. The summed E-state index contributed by atoms with van der Waals surface area (Å²) in [6.45, 7) is 13.7. The van der Waals surface area contributed by atoms with Crippen LogP contribution in [0.2, 0.25) is 0 Å². The molecule has 28 heteroatoms. The van der Waals surface area contributed by atoms with Crippen LogP contribution < -0.4 is 30.7 Å². The predicted octanol–water partition coefficient (Wildman–Crippen LogP) is 9.31. The maximum absolute atomic E-state index is 10.7. The smallest absolute Gasteiger partial charge is 0.485 e. The Morgan fingerprint density at radius 2 is 0.623 bits per heavy atom. The van der Waals surface area contributed by atoms with Crippen molar-refractivity contribution in [2.24, 2.45) is 28.2 Å². The first-order chi connectivity index (χ1) is 31.0. The molecule has 11 nitrogen and oxygen atoms in total. The number of aromatic nitrogens is 8. The van der Waals surface area contributed by atoms with Gasteiger partial charge in [0.25, 0.3) is 0 Å². The molecule has 4 aromatic heterocycles. The minimum absolute atomic E-state index is 0. The number of alkyl halides is 3. The number of hydrogen-bond donors (Lipinski definition) is 0. The summed E-state index contributed by atoms with van der Waals surface area (Å²) in [6, 6.07) is 0. The summed E-state index contributed by atoms with van der Waals surface area (Å²) in [5, 5.41) is 0. The van der Waals surface area contributed by atoms with Crippen LogP contribution >= 0.6 is 7.81 Å². The SMILES string of the molecule is CCCCCC[n+]1ccn(C)c1.CCCCCC[n+]1ccn(C)c1.CCCCCC[n+]1ccn(C)c1.CCCCCC[n+]1ccn(C)c1.F[B-](F)(F)F.F[P-](F)(F)(F)(F)F.O=S(=O)([O-])C(F)(F)F.[Cl-]. The number of hydrogen-bond acceptors (Lipinski definition) is 3. The van der Waals surface area contributed by atoms with Crippen molar-refractivity contribution in [3.05, 3.63) is 74.9 Å². The molecule has 0 amide bonds. The largest absolute Gasteiger partial charge is 1.00 e. The van der Waals surface area contributed by atoms with Crippen LogP contribution in [0.5, 0.6) is 0 Å². The second kappa shape index (κ2) is 35.7. The summed E-state index contributed by atoms with van der Waals surface area (Å²) in [7, 11) is -14.5. The van der Waals surface area contributed by atoms with Gasteiger partial charge in [-0.15, -0.1) is 0 Å². The van der Waals surface area contributed by atoms with Crippen molar-refractivity contribution >= 4 is 25.2 Å². The zero-order valence-electron chi connectivity index (χ0n) is 41.1. The Balaban J connectivity index is -0.000000363. The van der Waals surface area contributed by atoms with E-state index >= 15 is 0 Å². The van der Waals surface area contributed by atoms with Gasteiger partial charge >= 0.3 is 45.8 Å². The number of aryl methyl sites for hydroxylation is 8. The van der Waals surface area contributed by atoms with Crippen LogP contribution in [-0.4, -0.2) is 44.0 Å². The molecule has 4 heterocycles. The Labute approximate surface area is 406 Å². The Hall–Kier alpha value is -3.38. The van der Waals surface area contributed by atoms with Crippen molar-refractivity contribution in [1.82, 2.24) is 18.3 Å². The average Bonchev–Trinajstić information content (AvgIpc) is 4.00. The van der Waals surface area contributed by atoms with Crippen molar-refractivity contribution in [2.75, 3.05) is 0 Å². The topological polar surface area (TPSA) is 92.4 Å². The normalized spacial score (nSPS) is 12.1. The first-order valence-corrected chi connectivity index (χ1v) is 25.9. The molecule has 0 N–H and O–H groups in total. The van der Waals surface area contributed by atoms with Gasteiger partial charge in [0.1, 0.15) is 49.6 Å². The first kappa shape index (κ1) is 72.2. The van der Waals surface area contributed by atoms with E-state index in [1.54, 1.807) is 0 Å². The third-order valence-electron chi connectivity index (χ3n) is 8.66. The van der Waals surface area contributed by atoms with E-state index in [0.717, 1.165) is 0 Å². The minimum atomic E-state index is -10.7. The van der Waals surface area contributed by atoms with Crippen molar-refractivity contribution in [2.45, 2.75) is 162 Å². The molecule has 0 spiro atoms. The molecule has 410 valence electrons. The fraction of sp³-hybridized carbons (Fsp3) is 0.707. The van der Waals surface area contributed by atoms with Crippen LogP contribution in [0, 0.1) is 0 Å². The molecule has 4 aromatic rings. The maximum atomic E-state index is 10.7. The van der Waals surface area contributed by atoms with E-state index in [-0.39, 0.29) is 12.4 Å². The fourth-order valence-electron chi connectivity index (χ4n) is 5.42. The molecule has 4 rings (SSSR count). The molecule has 0 saturated heterocycles. The molecule has 0 aliphatic carbocycles. The van der Waals surface area contributed by atoms with Gasteiger partial charge in [0.2, 0.25) is 25.3 Å². The molecular weight excluding hydrogens is 1010 g/mol. The third kappa shape index (κ3) is 58.9. The molecule has 0 fully saturated rings. The van der Waals surface area contributed by atoms with E-state index in [2.05, 4.69) is 167 Å². The Bertz CT molecular complexity index is 1740. The third-order valence-corrected chi connectivity index (χ3v) is 9.22. The predicted molar refractivity (Wildman–Crippen MR) is 239 cm³/mol. The van der Waals surface area contributed by atoms with Gasteiger partial charge in [-0.05, 0) is 51.4 Å². The van der Waals surface area contributed by atoms with Crippen LogP contribution in [-0.2, 0) is 64.5 Å². The van der Waals surface area contributed by atoms with E-state index in [9.17, 15) is 55.6 Å². The zero-order chi connectivity index (χ0) is 53.2. The Morgan fingerprint density at radius 1 is 0.464 bits per heavy atom. The number of nitrogens with zero attached hydrogens (tertiary/aromatic N) is 8. The van der Waals surface area contributed by atoms with Gasteiger partial charge in [-0.2, -0.15) is 13.2 Å². The molecule has 0 radical (unpaired) electrons. The second-order valence-corrected chi connectivity index (χ2v) is 19.2. The van der Waals surface area contributed by atoms with Gasteiger partial charge in [-0.1, -0.05) is 79.1 Å². The average molecular weight is 1090 g/mol. The quantitative estimate of drug-likeness (QED) is 0.0168. The molecule has 0 aliphatic heterocycles. The molecule has 0 aliphatic rings. The van der Waals surface area contributed by atoms with Gasteiger partial charge in [0.15, 0.2) is 10.1 Å². The summed E-state index contributed by atoms with van der Waals surface area (Å²) in [6.07, 6.45) is 46.8. The van der Waals surface area contributed by atoms with Gasteiger partial charge < -0.3 is 34.2 Å². The van der Waals surface area contributed by atoms with E-state index in [0.29, 0.717) is 0 Å². The van der Waals surface area contributed by atoms with E-state index in [4.69, 9.17) is 13.0 Å². The van der Waals surface area contributed by atoms with Crippen LogP contribution in [0.4, 0.5) is 55.6 Å². The zero-order valence-corrected chi connectivity index (χ0v) is 43.6. The number of unbranched alkanes of at least 4 members (excludes halogenated alkanes) is 12. The molecule has 0 saturated carbocycles. The van der Waals surface area contributed by atoms with Gasteiger partial charge in [0, 0.05) is 0 Å². The Morgan fingerprint density at radius 3 is 0.725 bits per heavy atom. The summed E-state index contributed by atoms with van der Waals surface area (Å²) < 4.78 is 174. The summed E-state index contributed by atoms with van der Waals surface area (Å²) in [4.78, 5) is 0. The van der Waals surface area contributed by atoms with Gasteiger partial charge in [-0.3, -0.25) is 0 Å². The number of rotatable bonds is 20. The summed E-state index contributed by atoms with van der Waals surface area (Å²) >= 11 is 0. The molecule has 0 bridgehead atoms. The van der Waals surface area contributed by atoms with Crippen molar-refractivity contribution < 1.29 is 99.3 Å². The van der Waals surface area contributed by atoms with Crippen LogP contribution in [0.3, 0.4) is 0 Å². The Kier molecular flexibility index (Phi) is 37.3. The molecule has 0 atom stereocenters. The first-order valence-electron chi connectivity index (χ1n) is 22.5. The fourth-order valence-corrected chi connectivity index (χ4v) is 5.42. The van der Waals surface area contributed by atoms with E-state index in [1.165, 1.54) is 129 Å². The molecule has 69 heavy (non-hydrogen) atoms. The minimum Gasteiger partial charge on any atom is -1.00 e. The maximum Gasteiger partial charge on any atom is 0.485 e. The van der Waals surface area contributed by atoms with Crippen LogP contribution in [0.1, 0.15) is 130 Å². The van der Waals surface area contributed by atoms with Crippen molar-refractivity contribution in [3.8, 4) is 0 Å². The summed E-state index contributed by atoms with van der Waals surface area (Å²) in [5.74, 6) is 0. The standard InChI is InChI=1S/4C10H19N2.CHF3O3S.BF4.ClH.F6P/c4*1-3-4-5-6-7-12-9-8-11(2)10-12;2-1(3,4)8(5,6)7;2-1(3,4)5;;1-7(2,3,4,5)6/h4*8-10H,3-7H2,1-2H3;(H,5,6,7);;1H;/q4*+1;;-1;;-1/p-2. The second-order valence-electron chi connectivity index (χ2n) is 15.9. The van der Waals surface area contributed by atoms with Gasteiger partial charge in [-0.25, -0.2) is 45.0 Å². The van der Waals surface area contributed by atoms with Crippen LogP contribution in [0.15, 0.2) is 74.9 Å². The summed E-state index contributed by atoms with van der Waals surface area (Å²) in [5.41, 5.74) is -5.65. The van der Waals surface area contributed by atoms with Gasteiger partial charge in [0.05, 0.1) is 54.4 Å². The molecule has 0 aromatic carbocycles. The number of imidazole rings is 4.